The summed E-state index contributed by atoms with van der Waals surface area (Å²) in [6.07, 6.45) is 3.78. The first-order chi connectivity index (χ1) is 8.61. The Kier molecular flexibility index (Phi) is 3.77. The summed E-state index contributed by atoms with van der Waals surface area (Å²) in [5.41, 5.74) is 3.31. The van der Waals surface area contributed by atoms with Crippen LogP contribution in [0.25, 0.3) is 0 Å². The normalized spacial score (nSPS) is 12.7. The Labute approximate surface area is 108 Å². The third kappa shape index (κ3) is 2.59. The monoisotopic (exact) mass is 244 g/mol. The van der Waals surface area contributed by atoms with Gasteiger partial charge >= 0.3 is 0 Å². The average Bonchev–Trinajstić information content (AvgIpc) is 2.71. The Morgan fingerprint density at radius 2 is 2.11 bits per heavy atom. The molecule has 18 heavy (non-hydrogen) atoms. The van der Waals surface area contributed by atoms with Gasteiger partial charge in [0.15, 0.2) is 0 Å². The second kappa shape index (κ2) is 5.31. The fraction of sp³-hybridized carbons (Fsp3) is 0.429. The molecule has 0 aromatic carbocycles. The molecule has 0 aliphatic rings. The van der Waals surface area contributed by atoms with Gasteiger partial charge in [0, 0.05) is 25.1 Å². The van der Waals surface area contributed by atoms with Gasteiger partial charge in [-0.3, -0.25) is 4.98 Å². The van der Waals surface area contributed by atoms with Crippen molar-refractivity contribution in [3.05, 3.63) is 47.3 Å². The number of nitrogens with one attached hydrogen (secondary N) is 1. The lowest BCUT2D eigenvalue weighted by Gasteiger charge is -2.18. The summed E-state index contributed by atoms with van der Waals surface area (Å²) in [5, 5.41) is 3.45. The lowest BCUT2D eigenvalue weighted by Crippen LogP contribution is -2.26. The second-order valence-electron chi connectivity index (χ2n) is 4.60. The van der Waals surface area contributed by atoms with Crippen LogP contribution in [0.1, 0.15) is 35.7 Å². The molecule has 0 bridgehead atoms. The summed E-state index contributed by atoms with van der Waals surface area (Å²) in [7, 11) is 2.01. The zero-order valence-corrected chi connectivity index (χ0v) is 11.4. The smallest absolute Gasteiger partial charge is 0.131 e. The van der Waals surface area contributed by atoms with Crippen LogP contribution in [0.15, 0.2) is 24.5 Å². The first-order valence-corrected chi connectivity index (χ1v) is 6.27. The predicted octanol–water partition coefficient (Wildman–Crippen LogP) is 2.13. The molecule has 4 heteroatoms. The fourth-order valence-electron chi connectivity index (χ4n) is 2.21. The molecule has 0 radical (unpaired) electrons. The van der Waals surface area contributed by atoms with Crippen molar-refractivity contribution in [1.82, 2.24) is 19.9 Å². The highest BCUT2D eigenvalue weighted by atomic mass is 15.1. The maximum absolute atomic E-state index is 4.63. The first-order valence-electron chi connectivity index (χ1n) is 6.27. The van der Waals surface area contributed by atoms with Crippen LogP contribution in [0.5, 0.6) is 0 Å². The second-order valence-corrected chi connectivity index (χ2v) is 4.60. The van der Waals surface area contributed by atoms with E-state index < -0.39 is 0 Å². The third-order valence-corrected chi connectivity index (χ3v) is 2.94. The van der Waals surface area contributed by atoms with Crippen molar-refractivity contribution in [2.24, 2.45) is 7.05 Å². The van der Waals surface area contributed by atoms with Gasteiger partial charge in [-0.15, -0.1) is 0 Å². The van der Waals surface area contributed by atoms with E-state index in [2.05, 4.69) is 41.3 Å². The molecule has 0 amide bonds. The van der Waals surface area contributed by atoms with E-state index in [1.807, 2.05) is 30.9 Å². The minimum Gasteiger partial charge on any atom is -0.336 e. The molecule has 1 N–H and O–H groups in total. The zero-order chi connectivity index (χ0) is 13.1. The molecule has 1 unspecified atom stereocenters. The Morgan fingerprint density at radius 1 is 1.33 bits per heavy atom. The molecule has 0 saturated carbocycles. The summed E-state index contributed by atoms with van der Waals surface area (Å²) < 4.78 is 2.03. The molecule has 0 fully saturated rings. The highest BCUT2D eigenvalue weighted by Gasteiger charge is 2.18. The van der Waals surface area contributed by atoms with Crippen LogP contribution in [0.3, 0.4) is 0 Å². The van der Waals surface area contributed by atoms with Crippen molar-refractivity contribution >= 4 is 0 Å². The Balaban J connectivity index is 2.44. The van der Waals surface area contributed by atoms with Crippen molar-refractivity contribution in [3.63, 3.8) is 0 Å². The summed E-state index contributed by atoms with van der Waals surface area (Å²) in [4.78, 5) is 9.07. The summed E-state index contributed by atoms with van der Waals surface area (Å²) >= 11 is 0. The van der Waals surface area contributed by atoms with E-state index in [-0.39, 0.29) is 6.04 Å². The lowest BCUT2D eigenvalue weighted by atomic mass is 10.1. The predicted molar refractivity (Wildman–Crippen MR) is 72.4 cm³/mol. The SMILES string of the molecule is CCNC(c1cc(C)cc(C)n1)c1nccn1C. The van der Waals surface area contributed by atoms with Gasteiger partial charge < -0.3 is 9.88 Å². The number of aromatic nitrogens is 3. The van der Waals surface area contributed by atoms with Crippen LogP contribution < -0.4 is 5.32 Å². The topological polar surface area (TPSA) is 42.7 Å². The van der Waals surface area contributed by atoms with E-state index in [1.165, 1.54) is 5.56 Å². The molecule has 0 spiro atoms. The molecule has 4 nitrogen and oxygen atoms in total. The quantitative estimate of drug-likeness (QED) is 0.896. The fourth-order valence-corrected chi connectivity index (χ4v) is 2.21. The molecule has 2 aromatic rings. The maximum Gasteiger partial charge on any atom is 0.131 e. The maximum atomic E-state index is 4.63. The minimum atomic E-state index is 0.0496. The van der Waals surface area contributed by atoms with Crippen molar-refractivity contribution in [3.8, 4) is 0 Å². The van der Waals surface area contributed by atoms with Crippen LogP contribution in [-0.4, -0.2) is 21.1 Å². The average molecular weight is 244 g/mol. The molecule has 2 heterocycles. The van der Waals surface area contributed by atoms with Crippen molar-refractivity contribution < 1.29 is 0 Å². The molecule has 2 rings (SSSR count). The standard InChI is InChI=1S/C14H20N4/c1-5-15-13(14-16-6-7-18(14)4)12-9-10(2)8-11(3)17-12/h6-9,13,15H,5H2,1-4H3. The van der Waals surface area contributed by atoms with E-state index in [4.69, 9.17) is 0 Å². The molecule has 0 aliphatic heterocycles. The number of imidazole rings is 1. The van der Waals surface area contributed by atoms with Gasteiger partial charge in [-0.1, -0.05) is 6.92 Å². The number of aryl methyl sites for hydroxylation is 3. The molecular weight excluding hydrogens is 224 g/mol. The number of pyridine rings is 1. The third-order valence-electron chi connectivity index (χ3n) is 2.94. The number of nitrogens with zero attached hydrogens (tertiary/aromatic N) is 3. The zero-order valence-electron chi connectivity index (χ0n) is 11.4. The van der Waals surface area contributed by atoms with E-state index in [0.29, 0.717) is 0 Å². The molecule has 0 aliphatic carbocycles. The highest BCUT2D eigenvalue weighted by Crippen LogP contribution is 2.20. The van der Waals surface area contributed by atoms with Crippen LogP contribution in [0.4, 0.5) is 0 Å². The van der Waals surface area contributed by atoms with Gasteiger partial charge in [-0.25, -0.2) is 4.98 Å². The summed E-state index contributed by atoms with van der Waals surface area (Å²) in [5.74, 6) is 0.995. The molecular formula is C14H20N4. The van der Waals surface area contributed by atoms with Gasteiger partial charge in [-0.05, 0) is 38.1 Å². The van der Waals surface area contributed by atoms with Crippen LogP contribution in [0.2, 0.25) is 0 Å². The van der Waals surface area contributed by atoms with Gasteiger partial charge in [0.05, 0.1) is 5.69 Å². The Bertz CT molecular complexity index is 510. The molecule has 96 valence electrons. The molecule has 1 atom stereocenters. The Morgan fingerprint density at radius 3 is 2.67 bits per heavy atom. The minimum absolute atomic E-state index is 0.0496. The van der Waals surface area contributed by atoms with E-state index in [1.54, 1.807) is 0 Å². The van der Waals surface area contributed by atoms with Crippen LogP contribution in [0, 0.1) is 13.8 Å². The van der Waals surface area contributed by atoms with E-state index in [0.717, 1.165) is 23.8 Å². The van der Waals surface area contributed by atoms with E-state index in [9.17, 15) is 0 Å². The highest BCUT2D eigenvalue weighted by molar-refractivity contribution is 5.25. The van der Waals surface area contributed by atoms with Gasteiger partial charge in [0.25, 0.3) is 0 Å². The summed E-state index contributed by atoms with van der Waals surface area (Å²) in [6.45, 7) is 7.10. The van der Waals surface area contributed by atoms with Crippen molar-refractivity contribution in [2.45, 2.75) is 26.8 Å². The largest absolute Gasteiger partial charge is 0.336 e. The Hall–Kier alpha value is -1.68. The van der Waals surface area contributed by atoms with Gasteiger partial charge in [0.2, 0.25) is 0 Å². The van der Waals surface area contributed by atoms with Gasteiger partial charge in [-0.2, -0.15) is 0 Å². The number of rotatable bonds is 4. The van der Waals surface area contributed by atoms with Crippen LogP contribution in [-0.2, 0) is 7.05 Å². The van der Waals surface area contributed by atoms with E-state index >= 15 is 0 Å². The molecule has 2 aromatic heterocycles. The summed E-state index contributed by atoms with van der Waals surface area (Å²) in [6, 6.07) is 4.26. The number of hydrogen-bond donors (Lipinski definition) is 1. The lowest BCUT2D eigenvalue weighted by molar-refractivity contribution is 0.563. The number of hydrogen-bond acceptors (Lipinski definition) is 3. The molecule has 0 saturated heterocycles. The van der Waals surface area contributed by atoms with Crippen molar-refractivity contribution in [1.29, 1.82) is 0 Å². The van der Waals surface area contributed by atoms with Gasteiger partial charge in [0.1, 0.15) is 11.9 Å². The van der Waals surface area contributed by atoms with Crippen molar-refractivity contribution in [2.75, 3.05) is 6.54 Å². The first kappa shape index (κ1) is 12.8. The van der Waals surface area contributed by atoms with Crippen LogP contribution >= 0.6 is 0 Å².